The van der Waals surface area contributed by atoms with Crippen LogP contribution in [0.15, 0.2) is 24.4 Å². The molecule has 2 aromatic heterocycles. The summed E-state index contributed by atoms with van der Waals surface area (Å²) in [5.74, 6) is 1.18. The highest BCUT2D eigenvalue weighted by molar-refractivity contribution is 9.08. The van der Waals surface area contributed by atoms with Crippen LogP contribution in [0, 0.1) is 0 Å². The lowest BCUT2D eigenvalue weighted by molar-refractivity contribution is 0.704. The molecule has 0 radical (unpaired) electrons. The molecule has 1 fully saturated rings. The van der Waals surface area contributed by atoms with E-state index in [0.29, 0.717) is 6.04 Å². The van der Waals surface area contributed by atoms with Crippen molar-refractivity contribution in [2.45, 2.75) is 44.0 Å². The van der Waals surface area contributed by atoms with Crippen molar-refractivity contribution < 1.29 is 0 Å². The van der Waals surface area contributed by atoms with Crippen LogP contribution in [-0.2, 0) is 5.33 Å². The van der Waals surface area contributed by atoms with Gasteiger partial charge in [0.2, 0.25) is 0 Å². The van der Waals surface area contributed by atoms with Crippen LogP contribution in [0.3, 0.4) is 0 Å². The second-order valence-electron chi connectivity index (χ2n) is 5.22. The molecule has 0 amide bonds. The number of nitrogens with zero attached hydrogens (tertiary/aromatic N) is 3. The highest BCUT2D eigenvalue weighted by Gasteiger charge is 2.31. The van der Waals surface area contributed by atoms with Crippen LogP contribution >= 0.6 is 15.9 Å². The molecule has 1 aliphatic carbocycles. The maximum absolute atomic E-state index is 4.86. The van der Waals surface area contributed by atoms with Gasteiger partial charge in [-0.25, -0.2) is 4.98 Å². The first-order valence-corrected chi connectivity index (χ1v) is 8.26. The summed E-state index contributed by atoms with van der Waals surface area (Å²) in [5.41, 5.74) is 2.33. The summed E-state index contributed by atoms with van der Waals surface area (Å²) in [6.45, 7) is 3.38. The van der Waals surface area contributed by atoms with Gasteiger partial charge in [0.1, 0.15) is 5.65 Å². The highest BCUT2D eigenvalue weighted by Crippen LogP contribution is 2.34. The molecule has 3 rings (SSSR count). The lowest BCUT2D eigenvalue weighted by atomic mass is 10.3. The van der Waals surface area contributed by atoms with Crippen molar-refractivity contribution in [1.29, 1.82) is 0 Å². The molecule has 0 aliphatic heterocycles. The molecular formula is C15H20BrN3. The van der Waals surface area contributed by atoms with E-state index in [4.69, 9.17) is 4.98 Å². The van der Waals surface area contributed by atoms with Crippen LogP contribution in [0.4, 0.5) is 5.82 Å². The molecule has 2 heterocycles. The third kappa shape index (κ3) is 2.50. The first-order chi connectivity index (χ1) is 9.35. The topological polar surface area (TPSA) is 20.5 Å². The number of aromatic nitrogens is 2. The molecule has 0 saturated heterocycles. The van der Waals surface area contributed by atoms with Gasteiger partial charge in [0.25, 0.3) is 0 Å². The second kappa shape index (κ2) is 5.53. The third-order valence-electron chi connectivity index (χ3n) is 3.75. The fourth-order valence-electron chi connectivity index (χ4n) is 2.56. The van der Waals surface area contributed by atoms with Crippen molar-refractivity contribution in [2.75, 3.05) is 11.4 Å². The minimum absolute atomic E-state index is 0.717. The molecule has 0 aromatic carbocycles. The van der Waals surface area contributed by atoms with Gasteiger partial charge in [0, 0.05) is 24.1 Å². The van der Waals surface area contributed by atoms with Gasteiger partial charge in [-0.2, -0.15) is 0 Å². The van der Waals surface area contributed by atoms with Crippen molar-refractivity contribution in [3.63, 3.8) is 0 Å². The number of pyridine rings is 1. The van der Waals surface area contributed by atoms with E-state index in [0.717, 1.165) is 17.5 Å². The molecule has 3 nitrogen and oxygen atoms in total. The number of hydrogen-bond acceptors (Lipinski definition) is 2. The minimum atomic E-state index is 0.717. The van der Waals surface area contributed by atoms with Crippen molar-refractivity contribution in [3.05, 3.63) is 30.1 Å². The van der Waals surface area contributed by atoms with Crippen molar-refractivity contribution in [1.82, 2.24) is 9.38 Å². The van der Waals surface area contributed by atoms with Gasteiger partial charge in [-0.15, -0.1) is 0 Å². The van der Waals surface area contributed by atoms with Gasteiger partial charge in [0.15, 0.2) is 5.82 Å². The molecule has 2 aromatic rings. The largest absolute Gasteiger partial charge is 0.352 e. The van der Waals surface area contributed by atoms with Crippen LogP contribution in [0.1, 0.15) is 38.3 Å². The van der Waals surface area contributed by atoms with Gasteiger partial charge in [0.05, 0.1) is 5.69 Å². The Kier molecular flexibility index (Phi) is 3.78. The van der Waals surface area contributed by atoms with E-state index in [1.807, 2.05) is 0 Å². The van der Waals surface area contributed by atoms with E-state index < -0.39 is 0 Å². The third-order valence-corrected chi connectivity index (χ3v) is 4.28. The Bertz CT molecular complexity index is 560. The molecule has 0 bridgehead atoms. The lowest BCUT2D eigenvalue weighted by Gasteiger charge is -2.23. The second-order valence-corrected chi connectivity index (χ2v) is 5.78. The number of hydrogen-bond donors (Lipinski definition) is 0. The van der Waals surface area contributed by atoms with E-state index in [1.165, 1.54) is 37.2 Å². The normalized spacial score (nSPS) is 15.1. The SMILES string of the molecule is CCCCN(c1nc2ccccn2c1CBr)C1CC1. The molecule has 19 heavy (non-hydrogen) atoms. The van der Waals surface area contributed by atoms with Crippen molar-refractivity contribution >= 4 is 27.4 Å². The highest BCUT2D eigenvalue weighted by atomic mass is 79.9. The summed E-state index contributed by atoms with van der Waals surface area (Å²) < 4.78 is 2.20. The van der Waals surface area contributed by atoms with Crippen LogP contribution in [0.2, 0.25) is 0 Å². The number of rotatable bonds is 6. The Balaban J connectivity index is 2.01. The molecular weight excluding hydrogens is 302 g/mol. The van der Waals surface area contributed by atoms with Crippen LogP contribution in [0.25, 0.3) is 5.65 Å². The number of alkyl halides is 1. The predicted molar refractivity (Wildman–Crippen MR) is 83.1 cm³/mol. The summed E-state index contributed by atoms with van der Waals surface area (Å²) in [7, 11) is 0. The summed E-state index contributed by atoms with van der Waals surface area (Å²) in [6.07, 6.45) is 7.22. The number of halogens is 1. The number of imidazole rings is 1. The molecule has 0 atom stereocenters. The van der Waals surface area contributed by atoms with Gasteiger partial charge in [-0.1, -0.05) is 35.3 Å². The maximum atomic E-state index is 4.86. The minimum Gasteiger partial charge on any atom is -0.352 e. The van der Waals surface area contributed by atoms with Gasteiger partial charge >= 0.3 is 0 Å². The van der Waals surface area contributed by atoms with E-state index >= 15 is 0 Å². The first-order valence-electron chi connectivity index (χ1n) is 7.13. The van der Waals surface area contributed by atoms with Crippen molar-refractivity contribution in [3.8, 4) is 0 Å². The summed E-state index contributed by atoms with van der Waals surface area (Å²) >= 11 is 3.63. The number of anilines is 1. The lowest BCUT2D eigenvalue weighted by Crippen LogP contribution is -2.28. The molecule has 102 valence electrons. The average molecular weight is 322 g/mol. The standard InChI is InChI=1S/C15H20BrN3/c1-2-3-9-18(12-7-8-12)15-13(11-16)19-10-5-4-6-14(19)17-15/h4-6,10,12H,2-3,7-9,11H2,1H3. The zero-order valence-electron chi connectivity index (χ0n) is 11.3. The van der Waals surface area contributed by atoms with E-state index in [2.05, 4.69) is 56.6 Å². The Morgan fingerprint density at radius 3 is 2.95 bits per heavy atom. The first kappa shape index (κ1) is 13.0. The van der Waals surface area contributed by atoms with E-state index in [1.54, 1.807) is 0 Å². The monoisotopic (exact) mass is 321 g/mol. The molecule has 0 N–H and O–H groups in total. The zero-order valence-corrected chi connectivity index (χ0v) is 12.9. The average Bonchev–Trinajstić information content (AvgIpc) is 3.20. The van der Waals surface area contributed by atoms with Gasteiger partial charge in [-0.05, 0) is 31.4 Å². The molecule has 0 unspecified atom stereocenters. The Hall–Kier alpha value is -1.03. The van der Waals surface area contributed by atoms with E-state index in [9.17, 15) is 0 Å². The molecule has 0 spiro atoms. The van der Waals surface area contributed by atoms with Crippen LogP contribution in [-0.4, -0.2) is 22.0 Å². The fraction of sp³-hybridized carbons (Fsp3) is 0.533. The number of fused-ring (bicyclic) bond motifs is 1. The van der Waals surface area contributed by atoms with Crippen LogP contribution < -0.4 is 4.90 Å². The Morgan fingerprint density at radius 2 is 2.26 bits per heavy atom. The number of unbranched alkanes of at least 4 members (excludes halogenated alkanes) is 1. The van der Waals surface area contributed by atoms with Crippen molar-refractivity contribution in [2.24, 2.45) is 0 Å². The zero-order chi connectivity index (χ0) is 13.2. The summed E-state index contributed by atoms with van der Waals surface area (Å²) in [5, 5.41) is 0.850. The quantitative estimate of drug-likeness (QED) is 0.750. The summed E-state index contributed by atoms with van der Waals surface area (Å²) in [6, 6.07) is 6.92. The Labute approximate surface area is 122 Å². The van der Waals surface area contributed by atoms with Gasteiger partial charge < -0.3 is 9.30 Å². The summed E-state index contributed by atoms with van der Waals surface area (Å²) in [4.78, 5) is 7.38. The fourth-order valence-corrected chi connectivity index (χ4v) is 3.09. The maximum Gasteiger partial charge on any atom is 0.152 e. The van der Waals surface area contributed by atoms with E-state index in [-0.39, 0.29) is 0 Å². The Morgan fingerprint density at radius 1 is 1.42 bits per heavy atom. The smallest absolute Gasteiger partial charge is 0.152 e. The predicted octanol–water partition coefficient (Wildman–Crippen LogP) is 4.00. The molecule has 1 aliphatic rings. The van der Waals surface area contributed by atoms with Gasteiger partial charge in [-0.3, -0.25) is 0 Å². The van der Waals surface area contributed by atoms with Crippen LogP contribution in [0.5, 0.6) is 0 Å². The molecule has 4 heteroatoms. The molecule has 1 saturated carbocycles.